The molecule has 1 heteroatoms. The number of ether oxygens (including phenoxy) is 1. The number of hydrogen-bond donors (Lipinski definition) is 0. The van der Waals surface area contributed by atoms with Crippen molar-refractivity contribution in [3.05, 3.63) is 35.9 Å². The van der Waals surface area contributed by atoms with Crippen LogP contribution in [0.15, 0.2) is 24.8 Å². The van der Waals surface area contributed by atoms with E-state index in [1.807, 2.05) is 12.1 Å². The third kappa shape index (κ3) is 4.64. The molecule has 0 saturated carbocycles. The first-order valence-corrected chi connectivity index (χ1v) is 6.40. The van der Waals surface area contributed by atoms with Crippen molar-refractivity contribution in [2.75, 3.05) is 0 Å². The molecule has 1 nitrogen and oxygen atoms in total. The van der Waals surface area contributed by atoms with Gasteiger partial charge in [0.15, 0.2) is 0 Å². The van der Waals surface area contributed by atoms with Gasteiger partial charge in [-0.05, 0) is 56.9 Å². The van der Waals surface area contributed by atoms with E-state index in [0.717, 1.165) is 12.2 Å². The molecular formula is C16H24O. The van der Waals surface area contributed by atoms with Gasteiger partial charge in [-0.25, -0.2) is 0 Å². The summed E-state index contributed by atoms with van der Waals surface area (Å²) in [4.78, 5) is 0. The Bertz CT molecular complexity index is 372. The van der Waals surface area contributed by atoms with Gasteiger partial charge in [0, 0.05) is 0 Å². The number of unbranched alkanes of at least 4 members (excludes halogenated alkanes) is 1. The number of benzene rings is 1. The second kappa shape index (κ2) is 5.90. The van der Waals surface area contributed by atoms with Crippen molar-refractivity contribution in [3.8, 4) is 5.75 Å². The molecule has 0 fully saturated rings. The molecule has 0 atom stereocenters. The third-order valence-corrected chi connectivity index (χ3v) is 2.56. The van der Waals surface area contributed by atoms with E-state index in [0.29, 0.717) is 0 Å². The van der Waals surface area contributed by atoms with E-state index in [2.05, 4.69) is 46.4 Å². The van der Waals surface area contributed by atoms with Crippen molar-refractivity contribution in [2.45, 2.75) is 52.6 Å². The summed E-state index contributed by atoms with van der Waals surface area (Å²) in [5.41, 5.74) is 2.42. The molecule has 0 radical (unpaired) electrons. The van der Waals surface area contributed by atoms with E-state index in [1.54, 1.807) is 0 Å². The Morgan fingerprint density at radius 1 is 1.29 bits per heavy atom. The Kier molecular flexibility index (Phi) is 4.80. The van der Waals surface area contributed by atoms with Crippen molar-refractivity contribution in [2.24, 2.45) is 0 Å². The second-order valence-electron chi connectivity index (χ2n) is 5.38. The normalized spacial score (nSPS) is 11.3. The molecule has 1 rings (SSSR count). The minimum Gasteiger partial charge on any atom is -0.488 e. The Morgan fingerprint density at radius 3 is 2.53 bits per heavy atom. The van der Waals surface area contributed by atoms with Crippen LogP contribution >= 0.6 is 0 Å². The summed E-state index contributed by atoms with van der Waals surface area (Å²) >= 11 is 0. The van der Waals surface area contributed by atoms with Crippen LogP contribution in [0.5, 0.6) is 5.75 Å². The first-order chi connectivity index (χ1) is 7.96. The van der Waals surface area contributed by atoms with E-state index in [9.17, 15) is 0 Å². The topological polar surface area (TPSA) is 9.23 Å². The highest BCUT2D eigenvalue weighted by Crippen LogP contribution is 2.24. The van der Waals surface area contributed by atoms with Crippen molar-refractivity contribution >= 4 is 6.08 Å². The third-order valence-electron chi connectivity index (χ3n) is 2.56. The molecule has 0 aliphatic heterocycles. The van der Waals surface area contributed by atoms with Crippen LogP contribution in [0, 0.1) is 0 Å². The molecule has 0 unspecified atom stereocenters. The molecule has 1 aromatic rings. The van der Waals surface area contributed by atoms with Crippen LogP contribution in [0.25, 0.3) is 6.08 Å². The molecule has 0 bridgehead atoms. The predicted octanol–water partition coefficient (Wildman–Crippen LogP) is 4.85. The van der Waals surface area contributed by atoms with Crippen molar-refractivity contribution in [1.29, 1.82) is 0 Å². The lowest BCUT2D eigenvalue weighted by molar-refractivity contribution is 0.131. The predicted molar refractivity (Wildman–Crippen MR) is 75.5 cm³/mol. The summed E-state index contributed by atoms with van der Waals surface area (Å²) in [6, 6.07) is 6.27. The van der Waals surface area contributed by atoms with E-state index in [-0.39, 0.29) is 5.60 Å². The van der Waals surface area contributed by atoms with Gasteiger partial charge in [0.2, 0.25) is 0 Å². The lowest BCUT2D eigenvalue weighted by atomic mass is 10.0. The lowest BCUT2D eigenvalue weighted by Crippen LogP contribution is -2.23. The summed E-state index contributed by atoms with van der Waals surface area (Å²) in [6.45, 7) is 12.3. The van der Waals surface area contributed by atoms with Gasteiger partial charge >= 0.3 is 0 Å². The number of rotatable bonds is 5. The molecule has 0 saturated heterocycles. The molecule has 0 aliphatic rings. The molecule has 1 aromatic carbocycles. The molecule has 0 aromatic heterocycles. The molecule has 0 aliphatic carbocycles. The zero-order valence-corrected chi connectivity index (χ0v) is 11.5. The monoisotopic (exact) mass is 232 g/mol. The van der Waals surface area contributed by atoms with Gasteiger partial charge in [-0.3, -0.25) is 0 Å². The average Bonchev–Trinajstić information content (AvgIpc) is 2.24. The minimum absolute atomic E-state index is 0.141. The van der Waals surface area contributed by atoms with Gasteiger partial charge in [0.25, 0.3) is 0 Å². The SMILES string of the molecule is C=Cc1ccc(OC(C)(C)C)cc1CCCC. The van der Waals surface area contributed by atoms with Crippen molar-refractivity contribution < 1.29 is 4.74 Å². The summed E-state index contributed by atoms with van der Waals surface area (Å²) < 4.78 is 5.89. The van der Waals surface area contributed by atoms with Crippen molar-refractivity contribution in [3.63, 3.8) is 0 Å². The zero-order valence-electron chi connectivity index (χ0n) is 11.5. The lowest BCUT2D eigenvalue weighted by Gasteiger charge is -2.22. The average molecular weight is 232 g/mol. The highest BCUT2D eigenvalue weighted by atomic mass is 16.5. The second-order valence-corrected chi connectivity index (χ2v) is 5.38. The molecule has 0 heterocycles. The molecule has 94 valence electrons. The van der Waals surface area contributed by atoms with Gasteiger partial charge in [-0.2, -0.15) is 0 Å². The first kappa shape index (κ1) is 13.8. The minimum atomic E-state index is -0.141. The Labute approximate surface area is 106 Å². The van der Waals surface area contributed by atoms with Gasteiger partial charge in [0.1, 0.15) is 11.4 Å². The molecule has 0 N–H and O–H groups in total. The van der Waals surface area contributed by atoms with Crippen molar-refractivity contribution in [1.82, 2.24) is 0 Å². The molecule has 17 heavy (non-hydrogen) atoms. The Balaban J connectivity index is 2.92. The van der Waals surface area contributed by atoms with Gasteiger partial charge in [-0.15, -0.1) is 0 Å². The van der Waals surface area contributed by atoms with Crippen LogP contribution in [-0.2, 0) is 6.42 Å². The Morgan fingerprint density at radius 2 is 2.00 bits per heavy atom. The fraction of sp³-hybridized carbons (Fsp3) is 0.500. The zero-order chi connectivity index (χ0) is 12.9. The maximum absolute atomic E-state index is 5.89. The quantitative estimate of drug-likeness (QED) is 0.705. The fourth-order valence-electron chi connectivity index (χ4n) is 1.78. The van der Waals surface area contributed by atoms with Crippen LogP contribution in [0.1, 0.15) is 51.7 Å². The Hall–Kier alpha value is -1.24. The highest BCUT2D eigenvalue weighted by molar-refractivity contribution is 5.54. The largest absolute Gasteiger partial charge is 0.488 e. The highest BCUT2D eigenvalue weighted by Gasteiger charge is 2.12. The van der Waals surface area contributed by atoms with E-state index >= 15 is 0 Å². The van der Waals surface area contributed by atoms with Crippen LogP contribution < -0.4 is 4.74 Å². The van der Waals surface area contributed by atoms with E-state index in [4.69, 9.17) is 4.74 Å². The van der Waals surface area contributed by atoms with E-state index < -0.39 is 0 Å². The summed E-state index contributed by atoms with van der Waals surface area (Å²) in [6.07, 6.45) is 5.44. The van der Waals surface area contributed by atoms with E-state index in [1.165, 1.54) is 24.0 Å². The standard InChI is InChI=1S/C16H24O/c1-6-8-9-14-12-15(17-16(3,4)5)11-10-13(14)7-2/h7,10-12H,2,6,8-9H2,1,3-5H3. The number of hydrogen-bond acceptors (Lipinski definition) is 1. The van der Waals surface area contributed by atoms with Crippen LogP contribution in [-0.4, -0.2) is 5.60 Å². The molecule has 0 amide bonds. The maximum atomic E-state index is 5.89. The first-order valence-electron chi connectivity index (χ1n) is 6.40. The van der Waals surface area contributed by atoms with Crippen LogP contribution in [0.3, 0.4) is 0 Å². The summed E-state index contributed by atoms with van der Waals surface area (Å²) in [7, 11) is 0. The van der Waals surface area contributed by atoms with Crippen LogP contribution in [0.2, 0.25) is 0 Å². The molecular weight excluding hydrogens is 208 g/mol. The van der Waals surface area contributed by atoms with Crippen LogP contribution in [0.4, 0.5) is 0 Å². The smallest absolute Gasteiger partial charge is 0.120 e. The van der Waals surface area contributed by atoms with Gasteiger partial charge < -0.3 is 4.74 Å². The summed E-state index contributed by atoms with van der Waals surface area (Å²) in [5, 5.41) is 0. The molecule has 0 spiro atoms. The fourth-order valence-corrected chi connectivity index (χ4v) is 1.78. The maximum Gasteiger partial charge on any atom is 0.120 e. The number of aryl methyl sites for hydroxylation is 1. The summed E-state index contributed by atoms with van der Waals surface area (Å²) in [5.74, 6) is 0.953. The van der Waals surface area contributed by atoms with Gasteiger partial charge in [-0.1, -0.05) is 32.1 Å². The van der Waals surface area contributed by atoms with Gasteiger partial charge in [0.05, 0.1) is 0 Å².